The summed E-state index contributed by atoms with van der Waals surface area (Å²) in [7, 11) is 3.89. The molecule has 0 amide bonds. The van der Waals surface area contributed by atoms with Gasteiger partial charge in [-0.05, 0) is 36.9 Å². The van der Waals surface area contributed by atoms with Gasteiger partial charge in [0.15, 0.2) is 0 Å². The SMILES string of the molecule is C=CNC1=C(N(C)c2ccc(NC)nc2)C=CCC=C1. The summed E-state index contributed by atoms with van der Waals surface area (Å²) in [6.45, 7) is 3.73. The van der Waals surface area contributed by atoms with Crippen LogP contribution in [0.4, 0.5) is 11.5 Å². The second-order valence-corrected chi connectivity index (χ2v) is 4.40. The summed E-state index contributed by atoms with van der Waals surface area (Å²) in [6, 6.07) is 4.00. The molecule has 4 nitrogen and oxygen atoms in total. The molecular formula is C16H20N4. The summed E-state index contributed by atoms with van der Waals surface area (Å²) in [5, 5.41) is 6.20. The zero-order valence-electron chi connectivity index (χ0n) is 11.9. The molecule has 0 aromatic carbocycles. The van der Waals surface area contributed by atoms with Crippen molar-refractivity contribution in [3.8, 4) is 0 Å². The van der Waals surface area contributed by atoms with Gasteiger partial charge in [0.05, 0.1) is 23.3 Å². The highest BCUT2D eigenvalue weighted by molar-refractivity contribution is 5.57. The fourth-order valence-corrected chi connectivity index (χ4v) is 2.02. The maximum atomic E-state index is 4.35. The third-order valence-electron chi connectivity index (χ3n) is 3.12. The zero-order chi connectivity index (χ0) is 14.4. The lowest BCUT2D eigenvalue weighted by Crippen LogP contribution is -2.20. The molecule has 2 N–H and O–H groups in total. The molecule has 0 aliphatic heterocycles. The lowest BCUT2D eigenvalue weighted by Gasteiger charge is -2.22. The van der Waals surface area contributed by atoms with E-state index >= 15 is 0 Å². The number of allylic oxidation sites excluding steroid dienone is 4. The number of anilines is 2. The minimum absolute atomic E-state index is 0.858. The molecule has 0 radical (unpaired) electrons. The lowest BCUT2D eigenvalue weighted by atomic mass is 10.2. The first-order valence-electron chi connectivity index (χ1n) is 6.58. The third-order valence-corrected chi connectivity index (χ3v) is 3.12. The Morgan fingerprint density at radius 1 is 1.30 bits per heavy atom. The predicted molar refractivity (Wildman–Crippen MR) is 85.4 cm³/mol. The minimum atomic E-state index is 0.858. The van der Waals surface area contributed by atoms with E-state index in [0.29, 0.717) is 0 Å². The minimum Gasteiger partial charge on any atom is -0.373 e. The molecule has 2 rings (SSSR count). The van der Waals surface area contributed by atoms with Gasteiger partial charge < -0.3 is 15.5 Å². The molecule has 104 valence electrons. The van der Waals surface area contributed by atoms with Crippen LogP contribution in [0.25, 0.3) is 0 Å². The molecule has 1 aromatic rings. The van der Waals surface area contributed by atoms with Crippen LogP contribution in [0, 0.1) is 0 Å². The zero-order valence-corrected chi connectivity index (χ0v) is 11.9. The fraction of sp³-hybridized carbons (Fsp3) is 0.188. The van der Waals surface area contributed by atoms with E-state index in [1.807, 2.05) is 32.4 Å². The van der Waals surface area contributed by atoms with Crippen molar-refractivity contribution in [2.24, 2.45) is 0 Å². The van der Waals surface area contributed by atoms with Crippen molar-refractivity contribution in [1.29, 1.82) is 0 Å². The van der Waals surface area contributed by atoms with Crippen LogP contribution in [0.2, 0.25) is 0 Å². The number of pyridine rings is 1. The predicted octanol–water partition coefficient (Wildman–Crippen LogP) is 3.02. The molecule has 0 bridgehead atoms. The summed E-state index contributed by atoms with van der Waals surface area (Å²) < 4.78 is 0. The van der Waals surface area contributed by atoms with Gasteiger partial charge in [0.25, 0.3) is 0 Å². The van der Waals surface area contributed by atoms with Crippen LogP contribution in [-0.2, 0) is 0 Å². The molecular weight excluding hydrogens is 248 g/mol. The van der Waals surface area contributed by atoms with E-state index < -0.39 is 0 Å². The van der Waals surface area contributed by atoms with Gasteiger partial charge in [-0.2, -0.15) is 0 Å². The Kier molecular flexibility index (Phi) is 4.60. The van der Waals surface area contributed by atoms with Crippen molar-refractivity contribution in [1.82, 2.24) is 10.3 Å². The van der Waals surface area contributed by atoms with Crippen molar-refractivity contribution < 1.29 is 0 Å². The summed E-state index contributed by atoms with van der Waals surface area (Å²) in [5.74, 6) is 0.858. The first-order chi connectivity index (χ1) is 9.76. The van der Waals surface area contributed by atoms with Crippen LogP contribution in [0.1, 0.15) is 6.42 Å². The molecule has 0 saturated heterocycles. The van der Waals surface area contributed by atoms with E-state index in [1.165, 1.54) is 0 Å². The maximum absolute atomic E-state index is 4.35. The van der Waals surface area contributed by atoms with Crippen LogP contribution >= 0.6 is 0 Å². The largest absolute Gasteiger partial charge is 0.373 e. The molecule has 0 atom stereocenters. The number of nitrogens with zero attached hydrogens (tertiary/aromatic N) is 2. The summed E-state index contributed by atoms with van der Waals surface area (Å²) in [5.41, 5.74) is 3.13. The Bertz CT molecular complexity index is 552. The van der Waals surface area contributed by atoms with E-state index in [1.54, 1.807) is 6.20 Å². The Labute approximate surface area is 120 Å². The van der Waals surface area contributed by atoms with Gasteiger partial charge in [-0.1, -0.05) is 18.7 Å². The molecule has 20 heavy (non-hydrogen) atoms. The molecule has 0 saturated carbocycles. The molecule has 1 aliphatic rings. The summed E-state index contributed by atoms with van der Waals surface area (Å²) in [6.07, 6.45) is 12.9. The quantitative estimate of drug-likeness (QED) is 0.861. The maximum Gasteiger partial charge on any atom is 0.125 e. The second kappa shape index (κ2) is 6.61. The van der Waals surface area contributed by atoms with E-state index in [-0.39, 0.29) is 0 Å². The van der Waals surface area contributed by atoms with Gasteiger partial charge in [-0.3, -0.25) is 0 Å². The molecule has 1 aliphatic carbocycles. The Hall–Kier alpha value is -2.49. The topological polar surface area (TPSA) is 40.2 Å². The van der Waals surface area contributed by atoms with Gasteiger partial charge in [0.1, 0.15) is 5.82 Å². The third kappa shape index (κ3) is 3.09. The van der Waals surface area contributed by atoms with E-state index in [4.69, 9.17) is 0 Å². The van der Waals surface area contributed by atoms with E-state index in [9.17, 15) is 0 Å². The van der Waals surface area contributed by atoms with Crippen molar-refractivity contribution in [2.45, 2.75) is 6.42 Å². The standard InChI is InChI=1S/C16H20N4/c1-4-18-14-8-6-5-7-9-15(14)20(3)13-10-11-16(17-2)19-12-13/h4,6-12,18H,1,5H2,2-3H3,(H,17,19). The molecule has 1 aromatic heterocycles. The fourth-order valence-electron chi connectivity index (χ4n) is 2.02. The van der Waals surface area contributed by atoms with Gasteiger partial charge in [0, 0.05) is 14.1 Å². The van der Waals surface area contributed by atoms with Gasteiger partial charge in [-0.15, -0.1) is 0 Å². The Morgan fingerprint density at radius 3 is 2.75 bits per heavy atom. The Balaban J connectivity index is 2.34. The monoisotopic (exact) mass is 268 g/mol. The molecule has 1 heterocycles. The molecule has 0 fully saturated rings. The highest BCUT2D eigenvalue weighted by Gasteiger charge is 2.10. The summed E-state index contributed by atoms with van der Waals surface area (Å²) >= 11 is 0. The van der Waals surface area contributed by atoms with E-state index in [2.05, 4.69) is 51.4 Å². The normalized spacial score (nSPS) is 13.9. The van der Waals surface area contributed by atoms with E-state index in [0.717, 1.165) is 29.3 Å². The number of hydrogen-bond acceptors (Lipinski definition) is 4. The average molecular weight is 268 g/mol. The van der Waals surface area contributed by atoms with Gasteiger partial charge in [-0.25, -0.2) is 4.98 Å². The highest BCUT2D eigenvalue weighted by Crippen LogP contribution is 2.22. The second-order valence-electron chi connectivity index (χ2n) is 4.40. The first-order valence-corrected chi connectivity index (χ1v) is 6.58. The number of likely N-dealkylation sites (N-methyl/N-ethyl adjacent to an activating group) is 1. The van der Waals surface area contributed by atoms with Crippen LogP contribution in [0.3, 0.4) is 0 Å². The van der Waals surface area contributed by atoms with Crippen molar-refractivity contribution >= 4 is 11.5 Å². The van der Waals surface area contributed by atoms with Crippen LogP contribution in [-0.4, -0.2) is 19.1 Å². The first kappa shape index (κ1) is 13.9. The number of aromatic nitrogens is 1. The smallest absolute Gasteiger partial charge is 0.125 e. The number of hydrogen-bond donors (Lipinski definition) is 2. The molecule has 0 unspecified atom stereocenters. The highest BCUT2D eigenvalue weighted by atomic mass is 15.1. The van der Waals surface area contributed by atoms with Gasteiger partial charge in [0.2, 0.25) is 0 Å². The van der Waals surface area contributed by atoms with Crippen LogP contribution in [0.5, 0.6) is 0 Å². The number of nitrogens with one attached hydrogen (secondary N) is 2. The van der Waals surface area contributed by atoms with Crippen LogP contribution < -0.4 is 15.5 Å². The lowest BCUT2D eigenvalue weighted by molar-refractivity contribution is 1.02. The van der Waals surface area contributed by atoms with Crippen LogP contribution in [0.15, 0.2) is 66.8 Å². The number of rotatable bonds is 5. The Morgan fingerprint density at radius 2 is 2.10 bits per heavy atom. The van der Waals surface area contributed by atoms with Crippen molar-refractivity contribution in [3.63, 3.8) is 0 Å². The molecule has 0 spiro atoms. The van der Waals surface area contributed by atoms with Gasteiger partial charge >= 0.3 is 0 Å². The van der Waals surface area contributed by atoms with Crippen molar-refractivity contribution in [2.75, 3.05) is 24.3 Å². The molecule has 4 heteroatoms. The average Bonchev–Trinajstić information content (AvgIpc) is 2.72. The van der Waals surface area contributed by atoms with Crippen molar-refractivity contribution in [3.05, 3.63) is 66.8 Å². The summed E-state index contributed by atoms with van der Waals surface area (Å²) in [4.78, 5) is 6.45.